The first kappa shape index (κ1) is 18.2. The van der Waals surface area contributed by atoms with Crippen LogP contribution in [0.5, 0.6) is 0 Å². The minimum atomic E-state index is -0.171. The van der Waals surface area contributed by atoms with E-state index in [1.54, 1.807) is 0 Å². The van der Waals surface area contributed by atoms with E-state index in [9.17, 15) is 9.90 Å². The summed E-state index contributed by atoms with van der Waals surface area (Å²) in [6, 6.07) is -0.115. The van der Waals surface area contributed by atoms with Gasteiger partial charge in [-0.25, -0.2) is 4.79 Å². The molecular weight excluding hydrogens is 318 g/mol. The molecule has 0 spiro atoms. The van der Waals surface area contributed by atoms with Gasteiger partial charge in [-0.1, -0.05) is 25.7 Å². The molecule has 2 heterocycles. The Bertz CT molecular complexity index is 554. The van der Waals surface area contributed by atoms with Gasteiger partial charge in [0.05, 0.1) is 6.54 Å². The highest BCUT2D eigenvalue weighted by molar-refractivity contribution is 5.74. The van der Waals surface area contributed by atoms with Crippen molar-refractivity contribution in [2.24, 2.45) is 5.92 Å². The fraction of sp³-hybridized carbons (Fsp3) is 0.833. The minimum Gasteiger partial charge on any atom is -0.396 e. The molecule has 25 heavy (non-hydrogen) atoms. The lowest BCUT2D eigenvalue weighted by Crippen LogP contribution is -2.46. The van der Waals surface area contributed by atoms with Crippen LogP contribution in [0.15, 0.2) is 0 Å². The van der Waals surface area contributed by atoms with Gasteiger partial charge in [0.2, 0.25) is 0 Å². The number of amides is 2. The van der Waals surface area contributed by atoms with Crippen LogP contribution in [0.25, 0.3) is 0 Å². The van der Waals surface area contributed by atoms with Crippen molar-refractivity contribution in [3.05, 3.63) is 11.6 Å². The largest absolute Gasteiger partial charge is 0.396 e. The molecule has 2 aliphatic rings. The molecule has 3 N–H and O–H groups in total. The zero-order valence-electron chi connectivity index (χ0n) is 15.0. The van der Waals surface area contributed by atoms with Gasteiger partial charge in [0.1, 0.15) is 5.82 Å². The summed E-state index contributed by atoms with van der Waals surface area (Å²) in [5.74, 6) is 2.36. The molecule has 7 nitrogen and oxygen atoms in total. The Kier molecular flexibility index (Phi) is 6.67. The van der Waals surface area contributed by atoms with Crippen LogP contribution < -0.4 is 10.6 Å². The number of carbonyl (C=O) groups excluding carboxylic acids is 1. The van der Waals surface area contributed by atoms with Crippen molar-refractivity contribution in [1.82, 2.24) is 25.4 Å². The summed E-state index contributed by atoms with van der Waals surface area (Å²) in [5.41, 5.74) is 0. The van der Waals surface area contributed by atoms with E-state index in [4.69, 9.17) is 0 Å². The van der Waals surface area contributed by atoms with Gasteiger partial charge in [-0.3, -0.25) is 0 Å². The standard InChI is InChI=1S/C18H31N5O2/c24-12-10-15(14-7-3-1-4-8-14)20-18(25)19-13-17-22-21-16-9-5-2-6-11-23(16)17/h14-15,24H,1-13H2,(H2,19,20,25). The van der Waals surface area contributed by atoms with Gasteiger partial charge in [-0.05, 0) is 38.0 Å². The van der Waals surface area contributed by atoms with Crippen LogP contribution in [0.2, 0.25) is 0 Å². The van der Waals surface area contributed by atoms with Crippen LogP contribution in [0.3, 0.4) is 0 Å². The van der Waals surface area contributed by atoms with E-state index in [0.717, 1.165) is 50.3 Å². The van der Waals surface area contributed by atoms with E-state index in [1.165, 1.54) is 25.7 Å². The van der Waals surface area contributed by atoms with E-state index < -0.39 is 0 Å². The Balaban J connectivity index is 1.52. The molecule has 1 aliphatic heterocycles. The summed E-state index contributed by atoms with van der Waals surface area (Å²) in [6.45, 7) is 1.45. The van der Waals surface area contributed by atoms with Crippen LogP contribution in [-0.4, -0.2) is 38.6 Å². The fourth-order valence-corrected chi connectivity index (χ4v) is 4.16. The lowest BCUT2D eigenvalue weighted by molar-refractivity contribution is 0.196. The monoisotopic (exact) mass is 349 g/mol. The third-order valence-electron chi connectivity index (χ3n) is 5.57. The van der Waals surface area contributed by atoms with E-state index in [2.05, 4.69) is 25.4 Å². The van der Waals surface area contributed by atoms with Crippen molar-refractivity contribution in [3.63, 3.8) is 0 Å². The highest BCUT2D eigenvalue weighted by Crippen LogP contribution is 2.27. The number of aliphatic hydroxyl groups excluding tert-OH is 1. The number of aryl methyl sites for hydroxylation is 1. The van der Waals surface area contributed by atoms with Crippen LogP contribution in [0, 0.1) is 5.92 Å². The summed E-state index contributed by atoms with van der Waals surface area (Å²) in [5, 5.41) is 23.8. The average Bonchev–Trinajstić information content (AvgIpc) is 2.86. The van der Waals surface area contributed by atoms with Gasteiger partial charge in [0.15, 0.2) is 5.82 Å². The Morgan fingerprint density at radius 1 is 1.16 bits per heavy atom. The zero-order chi connectivity index (χ0) is 17.5. The van der Waals surface area contributed by atoms with Crippen molar-refractivity contribution in [1.29, 1.82) is 0 Å². The number of aromatic nitrogens is 3. The van der Waals surface area contributed by atoms with E-state index in [0.29, 0.717) is 18.9 Å². The molecule has 0 radical (unpaired) electrons. The Morgan fingerprint density at radius 2 is 1.96 bits per heavy atom. The number of urea groups is 1. The number of hydrogen-bond donors (Lipinski definition) is 3. The second-order valence-electron chi connectivity index (χ2n) is 7.34. The third-order valence-corrected chi connectivity index (χ3v) is 5.57. The van der Waals surface area contributed by atoms with Crippen LogP contribution in [0.4, 0.5) is 4.79 Å². The minimum absolute atomic E-state index is 0.0563. The lowest BCUT2D eigenvalue weighted by Gasteiger charge is -2.30. The second-order valence-corrected chi connectivity index (χ2v) is 7.34. The molecule has 1 aliphatic carbocycles. The molecular formula is C18H31N5O2. The Hall–Kier alpha value is -1.63. The van der Waals surface area contributed by atoms with E-state index in [1.807, 2.05) is 0 Å². The summed E-state index contributed by atoms with van der Waals surface area (Å²) in [6.07, 6.45) is 11.1. The maximum absolute atomic E-state index is 12.3. The number of carbonyl (C=O) groups is 1. The van der Waals surface area contributed by atoms with Crippen molar-refractivity contribution in [2.45, 2.75) is 83.3 Å². The molecule has 0 bridgehead atoms. The van der Waals surface area contributed by atoms with Crippen molar-refractivity contribution >= 4 is 6.03 Å². The summed E-state index contributed by atoms with van der Waals surface area (Å²) >= 11 is 0. The predicted octanol–water partition coefficient (Wildman–Crippen LogP) is 2.13. The molecule has 0 aromatic carbocycles. The number of fused-ring (bicyclic) bond motifs is 1. The quantitative estimate of drug-likeness (QED) is 0.734. The normalized spacial score (nSPS) is 19.7. The number of hydrogen-bond acceptors (Lipinski definition) is 4. The lowest BCUT2D eigenvalue weighted by atomic mass is 9.83. The molecule has 1 unspecified atom stereocenters. The van der Waals surface area contributed by atoms with Gasteiger partial charge >= 0.3 is 6.03 Å². The molecule has 1 fully saturated rings. The summed E-state index contributed by atoms with van der Waals surface area (Å²) in [7, 11) is 0. The number of aliphatic hydroxyl groups is 1. The van der Waals surface area contributed by atoms with Crippen molar-refractivity contribution in [3.8, 4) is 0 Å². The first-order valence-corrected chi connectivity index (χ1v) is 9.84. The highest BCUT2D eigenvalue weighted by atomic mass is 16.3. The predicted molar refractivity (Wildman–Crippen MR) is 95.0 cm³/mol. The van der Waals surface area contributed by atoms with Gasteiger partial charge in [0, 0.05) is 25.6 Å². The highest BCUT2D eigenvalue weighted by Gasteiger charge is 2.25. The smallest absolute Gasteiger partial charge is 0.315 e. The number of nitrogens with one attached hydrogen (secondary N) is 2. The third kappa shape index (κ3) is 4.93. The van der Waals surface area contributed by atoms with Crippen LogP contribution >= 0.6 is 0 Å². The molecule has 0 saturated heterocycles. The Morgan fingerprint density at radius 3 is 2.76 bits per heavy atom. The zero-order valence-corrected chi connectivity index (χ0v) is 15.0. The molecule has 7 heteroatoms. The second kappa shape index (κ2) is 9.17. The van der Waals surface area contributed by atoms with E-state index >= 15 is 0 Å². The average molecular weight is 349 g/mol. The molecule has 1 aromatic heterocycles. The first-order valence-electron chi connectivity index (χ1n) is 9.84. The summed E-state index contributed by atoms with van der Waals surface area (Å²) < 4.78 is 2.15. The number of nitrogens with zero attached hydrogens (tertiary/aromatic N) is 3. The van der Waals surface area contributed by atoms with Crippen molar-refractivity contribution in [2.75, 3.05) is 6.61 Å². The van der Waals surface area contributed by atoms with Crippen molar-refractivity contribution < 1.29 is 9.90 Å². The molecule has 140 valence electrons. The maximum atomic E-state index is 12.3. The van der Waals surface area contributed by atoms with Gasteiger partial charge < -0.3 is 20.3 Å². The Labute approximate surface area is 149 Å². The maximum Gasteiger partial charge on any atom is 0.315 e. The van der Waals surface area contributed by atoms with Crippen LogP contribution in [0.1, 0.15) is 69.4 Å². The molecule has 1 aromatic rings. The van der Waals surface area contributed by atoms with E-state index in [-0.39, 0.29) is 18.7 Å². The topological polar surface area (TPSA) is 92.1 Å². The number of rotatable bonds is 6. The SMILES string of the molecule is O=C(NCc1nnc2n1CCCCC2)NC(CCO)C1CCCCC1. The first-order chi connectivity index (χ1) is 12.3. The van der Waals surface area contributed by atoms with Gasteiger partial charge in [0.25, 0.3) is 0 Å². The fourth-order valence-electron chi connectivity index (χ4n) is 4.16. The molecule has 1 saturated carbocycles. The van der Waals surface area contributed by atoms with Crippen LogP contribution in [-0.2, 0) is 19.5 Å². The molecule has 1 atom stereocenters. The van der Waals surface area contributed by atoms with Gasteiger partial charge in [-0.15, -0.1) is 10.2 Å². The summed E-state index contributed by atoms with van der Waals surface area (Å²) in [4.78, 5) is 12.3. The van der Waals surface area contributed by atoms with Gasteiger partial charge in [-0.2, -0.15) is 0 Å². The molecule has 2 amide bonds. The molecule has 3 rings (SSSR count).